The van der Waals surface area contributed by atoms with Crippen LogP contribution >= 0.6 is 0 Å². The van der Waals surface area contributed by atoms with Gasteiger partial charge in [0.25, 0.3) is 0 Å². The molecule has 4 N–H and O–H groups in total. The highest BCUT2D eigenvalue weighted by molar-refractivity contribution is 5.86. The molecular weight excluding hydrogens is 356 g/mol. The topological polar surface area (TPSA) is 106 Å². The van der Waals surface area contributed by atoms with E-state index in [2.05, 4.69) is 16.0 Å². The number of aliphatic hydroxyl groups is 2. The van der Waals surface area contributed by atoms with Crippen LogP contribution in [0.25, 0.3) is 11.0 Å². The number of hydrogen-bond acceptors (Lipinski definition) is 6. The number of allylic oxidation sites excluding steroid dienone is 1. The van der Waals surface area contributed by atoms with E-state index in [0.29, 0.717) is 23.3 Å². The van der Waals surface area contributed by atoms with Gasteiger partial charge < -0.3 is 25.3 Å². The van der Waals surface area contributed by atoms with Gasteiger partial charge in [-0.15, -0.1) is 0 Å². The molecular formula is C21H28N4O3. The number of aromatic nitrogens is 3. The average Bonchev–Trinajstić information content (AvgIpc) is 3.37. The zero-order valence-corrected chi connectivity index (χ0v) is 16.0. The van der Waals surface area contributed by atoms with E-state index >= 15 is 0 Å². The van der Waals surface area contributed by atoms with Crippen molar-refractivity contribution in [2.45, 2.75) is 75.9 Å². The minimum atomic E-state index is -1.01. The van der Waals surface area contributed by atoms with E-state index in [1.165, 1.54) is 50.4 Å². The van der Waals surface area contributed by atoms with Gasteiger partial charge in [-0.1, -0.05) is 30.9 Å². The largest absolute Gasteiger partial charge is 0.388 e. The summed E-state index contributed by atoms with van der Waals surface area (Å²) >= 11 is 0. The maximum absolute atomic E-state index is 10.7. The molecule has 0 bridgehead atoms. The Morgan fingerprint density at radius 1 is 1.14 bits per heavy atom. The number of nitrogen functional groups attached to an aromatic ring is 1. The fourth-order valence-electron chi connectivity index (χ4n) is 5.54. The molecule has 5 rings (SSSR count). The van der Waals surface area contributed by atoms with Gasteiger partial charge in [-0.2, -0.15) is 0 Å². The van der Waals surface area contributed by atoms with Crippen molar-refractivity contribution in [3.05, 3.63) is 30.2 Å². The fourth-order valence-corrected chi connectivity index (χ4v) is 5.54. The van der Waals surface area contributed by atoms with Crippen LogP contribution in [-0.2, 0) is 4.74 Å². The van der Waals surface area contributed by atoms with Crippen molar-refractivity contribution in [3.63, 3.8) is 0 Å². The molecule has 0 unspecified atom stereocenters. The number of hydrogen-bond donors (Lipinski definition) is 3. The van der Waals surface area contributed by atoms with Crippen LogP contribution < -0.4 is 5.73 Å². The summed E-state index contributed by atoms with van der Waals surface area (Å²) in [6.07, 6.45) is 11.9. The lowest BCUT2D eigenvalue weighted by molar-refractivity contribution is -0.0355. The van der Waals surface area contributed by atoms with Crippen molar-refractivity contribution in [2.75, 3.05) is 5.73 Å². The Hall–Kier alpha value is -1.96. The van der Waals surface area contributed by atoms with Crippen LogP contribution in [0.15, 0.2) is 30.2 Å². The highest BCUT2D eigenvalue weighted by atomic mass is 16.6. The quantitative estimate of drug-likeness (QED) is 0.703. The van der Waals surface area contributed by atoms with Crippen molar-refractivity contribution in [1.29, 1.82) is 0 Å². The van der Waals surface area contributed by atoms with Gasteiger partial charge in [0.05, 0.1) is 11.5 Å². The van der Waals surface area contributed by atoms with Gasteiger partial charge in [-0.3, -0.25) is 0 Å². The standard InChI is InChI=1S/C21H28N4O3/c22-18-14-6-10-25(19(14)24-12-23-18)20-17(27)16(26)15(28-20)11-13-5-4-9-21(13)7-2-1-3-8-21/h5-6,10,12,15-17,20,26-27H,1-4,7-9,11H2,(H2,22,23,24)/t15-,16-,17-,20-/m1/s1. The Morgan fingerprint density at radius 3 is 2.79 bits per heavy atom. The number of rotatable bonds is 3. The molecule has 1 spiro atoms. The number of nitrogens with zero attached hydrogens (tertiary/aromatic N) is 3. The predicted octanol–water partition coefficient (Wildman–Crippen LogP) is 2.69. The summed E-state index contributed by atoms with van der Waals surface area (Å²) in [6.45, 7) is 0. The first kappa shape index (κ1) is 18.1. The molecule has 2 aliphatic carbocycles. The lowest BCUT2D eigenvalue weighted by Crippen LogP contribution is -2.33. The zero-order valence-electron chi connectivity index (χ0n) is 16.0. The van der Waals surface area contributed by atoms with Crippen molar-refractivity contribution >= 4 is 16.9 Å². The molecule has 1 saturated heterocycles. The third-order valence-electron chi connectivity index (χ3n) is 7.08. The Balaban J connectivity index is 1.38. The summed E-state index contributed by atoms with van der Waals surface area (Å²) in [5, 5.41) is 22.2. The van der Waals surface area contributed by atoms with Gasteiger partial charge in [0, 0.05) is 6.20 Å². The van der Waals surface area contributed by atoms with Crippen molar-refractivity contribution < 1.29 is 14.9 Å². The van der Waals surface area contributed by atoms with Gasteiger partial charge >= 0.3 is 0 Å². The van der Waals surface area contributed by atoms with Gasteiger partial charge in [0.2, 0.25) is 0 Å². The lowest BCUT2D eigenvalue weighted by Gasteiger charge is -2.37. The minimum absolute atomic E-state index is 0.298. The minimum Gasteiger partial charge on any atom is -0.388 e. The van der Waals surface area contributed by atoms with E-state index in [4.69, 9.17) is 10.5 Å². The van der Waals surface area contributed by atoms with Crippen LogP contribution in [0, 0.1) is 5.41 Å². The van der Waals surface area contributed by atoms with Gasteiger partial charge in [0.1, 0.15) is 30.0 Å². The van der Waals surface area contributed by atoms with Crippen LogP contribution in [0.2, 0.25) is 0 Å². The van der Waals surface area contributed by atoms with Crippen LogP contribution in [-0.4, -0.2) is 43.1 Å². The summed E-state index contributed by atoms with van der Waals surface area (Å²) < 4.78 is 7.95. The first-order valence-corrected chi connectivity index (χ1v) is 10.4. The smallest absolute Gasteiger partial charge is 0.164 e. The van der Waals surface area contributed by atoms with E-state index in [1.54, 1.807) is 10.8 Å². The molecule has 0 aromatic carbocycles. The number of anilines is 1. The summed E-state index contributed by atoms with van der Waals surface area (Å²) in [7, 11) is 0. The molecule has 28 heavy (non-hydrogen) atoms. The molecule has 150 valence electrons. The highest BCUT2D eigenvalue weighted by Gasteiger charge is 2.47. The number of nitrogens with two attached hydrogens (primary N) is 1. The maximum Gasteiger partial charge on any atom is 0.164 e. The van der Waals surface area contributed by atoms with E-state index in [1.807, 2.05) is 6.07 Å². The Kier molecular flexibility index (Phi) is 4.41. The first-order chi connectivity index (χ1) is 13.6. The molecule has 3 aliphatic rings. The molecule has 7 nitrogen and oxygen atoms in total. The molecule has 2 fully saturated rings. The summed E-state index contributed by atoms with van der Waals surface area (Å²) in [6, 6.07) is 1.82. The monoisotopic (exact) mass is 384 g/mol. The van der Waals surface area contributed by atoms with Crippen LogP contribution in [0.3, 0.4) is 0 Å². The molecule has 0 amide bonds. The maximum atomic E-state index is 10.7. The highest BCUT2D eigenvalue weighted by Crippen LogP contribution is 2.52. The van der Waals surface area contributed by atoms with E-state index in [0.717, 1.165) is 11.8 Å². The van der Waals surface area contributed by atoms with Crippen molar-refractivity contribution in [3.8, 4) is 0 Å². The lowest BCUT2D eigenvalue weighted by atomic mass is 9.68. The molecule has 0 radical (unpaired) electrons. The molecule has 7 heteroatoms. The molecule has 4 atom stereocenters. The molecule has 1 aliphatic heterocycles. The number of ether oxygens (including phenoxy) is 1. The van der Waals surface area contributed by atoms with Crippen LogP contribution in [0.5, 0.6) is 0 Å². The third-order valence-corrected chi connectivity index (χ3v) is 7.08. The SMILES string of the molecule is Nc1ncnc2c1ccn2[C@@H]1O[C@H](CC2=CCCC23CCCCC3)[C@@H](O)[C@H]1O. The molecule has 2 aromatic rings. The second-order valence-corrected chi connectivity index (χ2v) is 8.58. The molecule has 1 saturated carbocycles. The summed E-state index contributed by atoms with van der Waals surface area (Å²) in [5.74, 6) is 0.392. The fraction of sp³-hybridized carbons (Fsp3) is 0.619. The second-order valence-electron chi connectivity index (χ2n) is 8.58. The Labute approximate surface area is 164 Å². The number of fused-ring (bicyclic) bond motifs is 1. The Bertz CT molecular complexity index is 902. The van der Waals surface area contributed by atoms with Gasteiger partial charge in [0.15, 0.2) is 6.23 Å². The second kappa shape index (κ2) is 6.83. The van der Waals surface area contributed by atoms with Crippen LogP contribution in [0.4, 0.5) is 5.82 Å². The van der Waals surface area contributed by atoms with E-state index in [-0.39, 0.29) is 0 Å². The zero-order chi connectivity index (χ0) is 19.3. The van der Waals surface area contributed by atoms with Gasteiger partial charge in [-0.25, -0.2) is 9.97 Å². The van der Waals surface area contributed by atoms with Crippen molar-refractivity contribution in [1.82, 2.24) is 14.5 Å². The molecule has 3 heterocycles. The normalized spacial score (nSPS) is 32.3. The summed E-state index contributed by atoms with van der Waals surface area (Å²) in [4.78, 5) is 8.30. The van der Waals surface area contributed by atoms with Crippen molar-refractivity contribution in [2.24, 2.45) is 5.41 Å². The number of aliphatic hydroxyl groups excluding tert-OH is 2. The van der Waals surface area contributed by atoms with Crippen LogP contribution in [0.1, 0.15) is 57.6 Å². The van der Waals surface area contributed by atoms with Gasteiger partial charge in [-0.05, 0) is 43.6 Å². The predicted molar refractivity (Wildman–Crippen MR) is 105 cm³/mol. The van der Waals surface area contributed by atoms with E-state index < -0.39 is 24.5 Å². The Morgan fingerprint density at radius 2 is 1.96 bits per heavy atom. The first-order valence-electron chi connectivity index (χ1n) is 10.4. The average molecular weight is 384 g/mol. The molecule has 2 aromatic heterocycles. The van der Waals surface area contributed by atoms with E-state index in [9.17, 15) is 10.2 Å². The third kappa shape index (κ3) is 2.76. The summed E-state index contributed by atoms with van der Waals surface area (Å²) in [5.41, 5.74) is 8.25.